The maximum absolute atomic E-state index is 11.9. The van der Waals surface area contributed by atoms with E-state index in [2.05, 4.69) is 15.5 Å². The Hall–Kier alpha value is -1.36. The highest BCUT2D eigenvalue weighted by Crippen LogP contribution is 2.44. The fraction of sp³-hybridized carbons (Fsp3) is 0.714. The molecular weight excluding hydrogens is 242 g/mol. The zero-order valence-corrected chi connectivity index (χ0v) is 11.9. The Morgan fingerprint density at radius 1 is 1.53 bits per heavy atom. The number of aliphatic hydroxyl groups is 1. The summed E-state index contributed by atoms with van der Waals surface area (Å²) < 4.78 is 0. The van der Waals surface area contributed by atoms with Gasteiger partial charge in [0, 0.05) is 24.1 Å². The van der Waals surface area contributed by atoms with Crippen LogP contribution in [0.15, 0.2) is 0 Å². The van der Waals surface area contributed by atoms with Crippen molar-refractivity contribution in [1.29, 1.82) is 0 Å². The Kier molecular flexibility index (Phi) is 3.94. The maximum Gasteiger partial charge on any atom is 0.220 e. The molecule has 1 saturated carbocycles. The number of H-pyrrole nitrogens is 1. The molecule has 5 heteroatoms. The van der Waals surface area contributed by atoms with Gasteiger partial charge in [0.05, 0.1) is 12.3 Å². The van der Waals surface area contributed by atoms with Crippen LogP contribution in [0.4, 0.5) is 0 Å². The molecule has 2 rings (SSSR count). The Morgan fingerprint density at radius 3 is 2.68 bits per heavy atom. The van der Waals surface area contributed by atoms with Crippen LogP contribution in [-0.4, -0.2) is 34.4 Å². The van der Waals surface area contributed by atoms with Gasteiger partial charge in [-0.05, 0) is 38.2 Å². The standard InChI is InChI=1S/C14H23N3O2/c1-9(13-10(2)16-17-11(13)3)6-12(19)15-7-14(8-18)4-5-14/h9,18H,4-8H2,1-3H3,(H,15,19)(H,16,17). The second-order valence-electron chi connectivity index (χ2n) is 5.89. The van der Waals surface area contributed by atoms with Crippen molar-refractivity contribution in [2.75, 3.05) is 13.2 Å². The first-order valence-electron chi connectivity index (χ1n) is 6.86. The van der Waals surface area contributed by atoms with Crippen molar-refractivity contribution in [3.8, 4) is 0 Å². The molecule has 1 amide bonds. The third kappa shape index (κ3) is 3.15. The molecule has 3 N–H and O–H groups in total. The average Bonchev–Trinajstić information content (AvgIpc) is 3.07. The van der Waals surface area contributed by atoms with Crippen molar-refractivity contribution in [3.05, 3.63) is 17.0 Å². The van der Waals surface area contributed by atoms with Gasteiger partial charge in [-0.25, -0.2) is 0 Å². The minimum Gasteiger partial charge on any atom is -0.396 e. The number of aliphatic hydroxyl groups excluding tert-OH is 1. The number of rotatable bonds is 6. The lowest BCUT2D eigenvalue weighted by Crippen LogP contribution is -2.32. The van der Waals surface area contributed by atoms with Gasteiger partial charge in [0.2, 0.25) is 5.91 Å². The van der Waals surface area contributed by atoms with Gasteiger partial charge in [-0.1, -0.05) is 6.92 Å². The zero-order valence-electron chi connectivity index (χ0n) is 11.9. The smallest absolute Gasteiger partial charge is 0.220 e. The quantitative estimate of drug-likeness (QED) is 0.727. The molecule has 0 spiro atoms. The number of aryl methyl sites for hydroxylation is 2. The van der Waals surface area contributed by atoms with E-state index in [1.165, 1.54) is 0 Å². The Morgan fingerprint density at radius 2 is 2.21 bits per heavy atom. The summed E-state index contributed by atoms with van der Waals surface area (Å²) in [5.74, 6) is 0.204. The monoisotopic (exact) mass is 265 g/mol. The molecule has 0 saturated heterocycles. The van der Waals surface area contributed by atoms with Crippen molar-refractivity contribution < 1.29 is 9.90 Å². The normalized spacial score (nSPS) is 18.1. The summed E-state index contributed by atoms with van der Waals surface area (Å²) in [6.07, 6.45) is 2.49. The average molecular weight is 265 g/mol. The number of aromatic nitrogens is 2. The highest BCUT2D eigenvalue weighted by molar-refractivity contribution is 5.77. The van der Waals surface area contributed by atoms with Gasteiger partial charge >= 0.3 is 0 Å². The molecule has 0 aliphatic heterocycles. The number of hydrogen-bond donors (Lipinski definition) is 3. The van der Waals surface area contributed by atoms with E-state index in [4.69, 9.17) is 0 Å². The van der Waals surface area contributed by atoms with Crippen LogP contribution in [0.2, 0.25) is 0 Å². The lowest BCUT2D eigenvalue weighted by Gasteiger charge is -2.15. The second kappa shape index (κ2) is 5.33. The first kappa shape index (κ1) is 14.1. The molecule has 1 aliphatic carbocycles. The van der Waals surface area contributed by atoms with Crippen LogP contribution >= 0.6 is 0 Å². The van der Waals surface area contributed by atoms with Gasteiger partial charge in [0.1, 0.15) is 0 Å². The van der Waals surface area contributed by atoms with Crippen LogP contribution in [0.5, 0.6) is 0 Å². The van der Waals surface area contributed by atoms with Gasteiger partial charge in [-0.15, -0.1) is 0 Å². The van der Waals surface area contributed by atoms with E-state index in [1.54, 1.807) is 0 Å². The molecule has 1 fully saturated rings. The second-order valence-corrected chi connectivity index (χ2v) is 5.89. The highest BCUT2D eigenvalue weighted by atomic mass is 16.3. The first-order valence-corrected chi connectivity index (χ1v) is 6.86. The van der Waals surface area contributed by atoms with Crippen LogP contribution in [0.1, 0.15) is 49.1 Å². The number of hydrogen-bond acceptors (Lipinski definition) is 3. The number of carbonyl (C=O) groups excluding carboxylic acids is 1. The van der Waals surface area contributed by atoms with Crippen molar-refractivity contribution in [2.24, 2.45) is 5.41 Å². The predicted molar refractivity (Wildman–Crippen MR) is 72.9 cm³/mol. The van der Waals surface area contributed by atoms with Crippen LogP contribution < -0.4 is 5.32 Å². The molecule has 0 radical (unpaired) electrons. The van der Waals surface area contributed by atoms with Gasteiger partial charge in [-0.3, -0.25) is 9.89 Å². The molecule has 1 unspecified atom stereocenters. The number of amides is 1. The van der Waals surface area contributed by atoms with Gasteiger partial charge < -0.3 is 10.4 Å². The fourth-order valence-electron chi connectivity index (χ4n) is 2.59. The van der Waals surface area contributed by atoms with Gasteiger partial charge in [0.25, 0.3) is 0 Å². The van der Waals surface area contributed by atoms with Crippen LogP contribution in [-0.2, 0) is 4.79 Å². The Balaban J connectivity index is 1.85. The SMILES string of the molecule is Cc1n[nH]c(C)c1C(C)CC(=O)NCC1(CO)CC1. The Labute approximate surface area is 113 Å². The largest absolute Gasteiger partial charge is 0.396 e. The molecule has 1 aromatic rings. The molecule has 19 heavy (non-hydrogen) atoms. The van der Waals surface area contributed by atoms with Crippen molar-refractivity contribution in [2.45, 2.75) is 46.0 Å². The van der Waals surface area contributed by atoms with Crippen LogP contribution in [0.3, 0.4) is 0 Å². The summed E-state index contributed by atoms with van der Waals surface area (Å²) in [5.41, 5.74) is 3.11. The summed E-state index contributed by atoms with van der Waals surface area (Å²) in [6.45, 7) is 6.75. The lowest BCUT2D eigenvalue weighted by atomic mass is 9.95. The lowest BCUT2D eigenvalue weighted by molar-refractivity contribution is -0.121. The van der Waals surface area contributed by atoms with E-state index < -0.39 is 0 Å². The zero-order chi connectivity index (χ0) is 14.0. The molecule has 1 aromatic heterocycles. The van der Waals surface area contributed by atoms with Gasteiger partial charge in [0.15, 0.2) is 0 Å². The molecular formula is C14H23N3O2. The van der Waals surface area contributed by atoms with Gasteiger partial charge in [-0.2, -0.15) is 5.10 Å². The minimum atomic E-state index is -0.0274. The van der Waals surface area contributed by atoms with E-state index in [9.17, 15) is 9.90 Å². The summed E-state index contributed by atoms with van der Waals surface area (Å²) in [5, 5.41) is 19.3. The highest BCUT2D eigenvalue weighted by Gasteiger charge is 2.42. The fourth-order valence-corrected chi connectivity index (χ4v) is 2.59. The molecule has 1 heterocycles. The molecule has 106 valence electrons. The Bertz CT molecular complexity index is 444. The van der Waals surface area contributed by atoms with E-state index in [0.717, 1.165) is 29.8 Å². The summed E-state index contributed by atoms with van der Waals surface area (Å²) >= 11 is 0. The number of carbonyl (C=O) groups is 1. The van der Waals surface area contributed by atoms with Crippen LogP contribution in [0.25, 0.3) is 0 Å². The molecule has 0 bridgehead atoms. The topological polar surface area (TPSA) is 78.0 Å². The van der Waals surface area contributed by atoms with E-state index >= 15 is 0 Å². The predicted octanol–water partition coefficient (Wildman–Crippen LogP) is 1.41. The number of nitrogens with one attached hydrogen (secondary N) is 2. The van der Waals surface area contributed by atoms with Crippen molar-refractivity contribution in [3.63, 3.8) is 0 Å². The van der Waals surface area contributed by atoms with E-state index in [1.807, 2.05) is 20.8 Å². The molecule has 5 nitrogen and oxygen atoms in total. The minimum absolute atomic E-state index is 0.0274. The molecule has 1 aliphatic rings. The summed E-state index contributed by atoms with van der Waals surface area (Å²) in [7, 11) is 0. The van der Waals surface area contributed by atoms with E-state index in [-0.39, 0.29) is 23.8 Å². The van der Waals surface area contributed by atoms with Crippen molar-refractivity contribution >= 4 is 5.91 Å². The number of aromatic amines is 1. The summed E-state index contributed by atoms with van der Waals surface area (Å²) in [6, 6.07) is 0. The van der Waals surface area contributed by atoms with E-state index in [0.29, 0.717) is 13.0 Å². The molecule has 1 atom stereocenters. The maximum atomic E-state index is 11.9. The third-order valence-corrected chi connectivity index (χ3v) is 4.12. The first-order chi connectivity index (χ1) is 8.97. The third-order valence-electron chi connectivity index (χ3n) is 4.12. The summed E-state index contributed by atoms with van der Waals surface area (Å²) in [4.78, 5) is 11.9. The number of nitrogens with zero attached hydrogens (tertiary/aromatic N) is 1. The van der Waals surface area contributed by atoms with Crippen LogP contribution in [0, 0.1) is 19.3 Å². The molecule has 0 aromatic carbocycles. The van der Waals surface area contributed by atoms with Crippen molar-refractivity contribution in [1.82, 2.24) is 15.5 Å².